The fraction of sp³-hybridized carbons (Fsp3) is 0.400. The van der Waals surface area contributed by atoms with Crippen molar-refractivity contribution in [3.05, 3.63) is 41.2 Å². The first kappa shape index (κ1) is 15.4. The number of carboxylic acid groups (broad SMARTS) is 1. The van der Waals surface area contributed by atoms with Gasteiger partial charge >= 0.3 is 5.97 Å². The van der Waals surface area contributed by atoms with Gasteiger partial charge in [-0.2, -0.15) is 0 Å². The van der Waals surface area contributed by atoms with Gasteiger partial charge < -0.3 is 10.0 Å². The number of rotatable bonds is 6. The summed E-state index contributed by atoms with van der Waals surface area (Å²) in [7, 11) is 1.99. The van der Waals surface area contributed by atoms with Gasteiger partial charge in [-0.05, 0) is 42.3 Å². The van der Waals surface area contributed by atoms with E-state index >= 15 is 0 Å². The summed E-state index contributed by atoms with van der Waals surface area (Å²) >= 11 is 0. The van der Waals surface area contributed by atoms with E-state index in [2.05, 4.69) is 18.7 Å². The van der Waals surface area contributed by atoms with Gasteiger partial charge in [-0.25, -0.2) is 9.18 Å². The van der Waals surface area contributed by atoms with Crippen molar-refractivity contribution < 1.29 is 14.3 Å². The Morgan fingerprint density at radius 2 is 2.16 bits per heavy atom. The minimum atomic E-state index is -1.04. The van der Waals surface area contributed by atoms with Gasteiger partial charge in [0.15, 0.2) is 0 Å². The molecule has 0 aliphatic carbocycles. The fourth-order valence-electron chi connectivity index (χ4n) is 2.00. The van der Waals surface area contributed by atoms with Crippen LogP contribution in [0.25, 0.3) is 6.08 Å². The van der Waals surface area contributed by atoms with Crippen LogP contribution in [0.15, 0.2) is 24.3 Å². The molecule has 0 bridgehead atoms. The Kier molecular flexibility index (Phi) is 5.70. The second kappa shape index (κ2) is 7.04. The Bertz CT molecular complexity index is 469. The van der Waals surface area contributed by atoms with E-state index in [4.69, 9.17) is 5.11 Å². The van der Waals surface area contributed by atoms with Gasteiger partial charge in [0.25, 0.3) is 0 Å². The highest BCUT2D eigenvalue weighted by Gasteiger charge is 2.07. The van der Waals surface area contributed by atoms with Crippen molar-refractivity contribution >= 4 is 12.0 Å². The zero-order chi connectivity index (χ0) is 14.4. The topological polar surface area (TPSA) is 40.5 Å². The van der Waals surface area contributed by atoms with Crippen molar-refractivity contribution in [2.45, 2.75) is 20.4 Å². The minimum Gasteiger partial charge on any atom is -0.478 e. The molecule has 1 aromatic rings. The molecule has 0 heterocycles. The number of carbonyl (C=O) groups is 1. The first-order valence-corrected chi connectivity index (χ1v) is 6.26. The normalized spacial score (nSPS) is 11.7. The number of nitrogens with zero attached hydrogens (tertiary/aromatic N) is 1. The molecule has 0 spiro atoms. The van der Waals surface area contributed by atoms with Crippen LogP contribution in [0.2, 0.25) is 0 Å². The lowest BCUT2D eigenvalue weighted by atomic mass is 10.1. The van der Waals surface area contributed by atoms with E-state index < -0.39 is 5.97 Å². The van der Waals surface area contributed by atoms with Crippen LogP contribution in [0.5, 0.6) is 0 Å². The van der Waals surface area contributed by atoms with Crippen molar-refractivity contribution in [3.8, 4) is 0 Å². The molecule has 0 saturated heterocycles. The maximum atomic E-state index is 13.2. The summed E-state index contributed by atoms with van der Waals surface area (Å²) in [6.45, 7) is 5.86. The first-order chi connectivity index (χ1) is 8.88. The molecular weight excluding hydrogens is 245 g/mol. The Hall–Kier alpha value is -1.68. The first-order valence-electron chi connectivity index (χ1n) is 6.26. The molecule has 0 amide bonds. The molecule has 104 valence electrons. The lowest BCUT2D eigenvalue weighted by molar-refractivity contribution is -0.131. The lowest BCUT2D eigenvalue weighted by Crippen LogP contribution is -2.23. The molecule has 0 fully saturated rings. The van der Waals surface area contributed by atoms with Crippen LogP contribution in [0, 0.1) is 11.7 Å². The number of hydrogen-bond donors (Lipinski definition) is 1. The maximum absolute atomic E-state index is 13.2. The third kappa shape index (κ3) is 5.66. The minimum absolute atomic E-state index is 0.361. The highest BCUT2D eigenvalue weighted by atomic mass is 19.1. The maximum Gasteiger partial charge on any atom is 0.328 e. The van der Waals surface area contributed by atoms with E-state index in [0.29, 0.717) is 18.0 Å². The molecule has 4 heteroatoms. The zero-order valence-electron chi connectivity index (χ0n) is 11.6. The number of benzene rings is 1. The van der Waals surface area contributed by atoms with E-state index in [0.717, 1.165) is 18.2 Å². The second-order valence-corrected chi connectivity index (χ2v) is 5.11. The van der Waals surface area contributed by atoms with Crippen LogP contribution in [-0.2, 0) is 11.3 Å². The molecule has 0 aromatic heterocycles. The molecule has 0 radical (unpaired) electrons. The quantitative estimate of drug-likeness (QED) is 0.804. The molecule has 19 heavy (non-hydrogen) atoms. The number of carboxylic acids is 1. The predicted octanol–water partition coefficient (Wildman–Crippen LogP) is 3.01. The van der Waals surface area contributed by atoms with Crippen LogP contribution in [0.4, 0.5) is 4.39 Å². The largest absolute Gasteiger partial charge is 0.478 e. The van der Waals surface area contributed by atoms with E-state index in [1.165, 1.54) is 18.2 Å². The molecule has 0 aliphatic rings. The third-order valence-electron chi connectivity index (χ3n) is 2.63. The summed E-state index contributed by atoms with van der Waals surface area (Å²) < 4.78 is 13.2. The molecule has 0 aliphatic heterocycles. The summed E-state index contributed by atoms with van der Waals surface area (Å²) in [6.07, 6.45) is 2.46. The monoisotopic (exact) mass is 265 g/mol. The van der Waals surface area contributed by atoms with Crippen molar-refractivity contribution in [2.24, 2.45) is 5.92 Å². The average Bonchev–Trinajstić information content (AvgIpc) is 2.28. The standard InChI is InChI=1S/C15H20FNO2/c1-11(2)9-17(3)10-13-4-6-14(16)8-12(13)5-7-15(18)19/h4-8,11H,9-10H2,1-3H3,(H,18,19). The zero-order valence-corrected chi connectivity index (χ0v) is 11.6. The lowest BCUT2D eigenvalue weighted by Gasteiger charge is -2.20. The number of aliphatic carboxylic acids is 1. The van der Waals surface area contributed by atoms with Crippen molar-refractivity contribution in [1.82, 2.24) is 4.90 Å². The Morgan fingerprint density at radius 3 is 2.74 bits per heavy atom. The van der Waals surface area contributed by atoms with Gasteiger partial charge in [-0.1, -0.05) is 19.9 Å². The van der Waals surface area contributed by atoms with Gasteiger partial charge in [0.1, 0.15) is 5.82 Å². The van der Waals surface area contributed by atoms with Crippen molar-refractivity contribution in [3.63, 3.8) is 0 Å². The van der Waals surface area contributed by atoms with Gasteiger partial charge in [0, 0.05) is 19.2 Å². The van der Waals surface area contributed by atoms with E-state index in [9.17, 15) is 9.18 Å². The highest BCUT2D eigenvalue weighted by molar-refractivity contribution is 5.85. The molecule has 0 atom stereocenters. The SMILES string of the molecule is CC(C)CN(C)Cc1ccc(F)cc1C=CC(=O)O. The molecule has 1 aromatic carbocycles. The van der Waals surface area contributed by atoms with Crippen molar-refractivity contribution in [2.75, 3.05) is 13.6 Å². The van der Waals surface area contributed by atoms with E-state index in [1.54, 1.807) is 6.07 Å². The number of hydrogen-bond acceptors (Lipinski definition) is 2. The van der Waals surface area contributed by atoms with Crippen molar-refractivity contribution in [1.29, 1.82) is 0 Å². The summed E-state index contributed by atoms with van der Waals surface area (Å²) in [5.74, 6) is -0.852. The van der Waals surface area contributed by atoms with Gasteiger partial charge in [-0.15, -0.1) is 0 Å². The van der Waals surface area contributed by atoms with Crippen LogP contribution in [0.1, 0.15) is 25.0 Å². The molecule has 0 saturated carbocycles. The van der Waals surface area contributed by atoms with E-state index in [-0.39, 0.29) is 5.82 Å². The van der Waals surface area contributed by atoms with Crippen LogP contribution in [0.3, 0.4) is 0 Å². The molecule has 1 N–H and O–H groups in total. The Balaban J connectivity index is 2.90. The summed E-state index contributed by atoms with van der Waals surface area (Å²) in [5, 5.41) is 8.64. The highest BCUT2D eigenvalue weighted by Crippen LogP contribution is 2.15. The molecular formula is C15H20FNO2. The summed E-state index contributed by atoms with van der Waals surface area (Å²) in [5.41, 5.74) is 1.53. The second-order valence-electron chi connectivity index (χ2n) is 5.11. The van der Waals surface area contributed by atoms with Gasteiger partial charge in [0.05, 0.1) is 0 Å². The molecule has 1 rings (SSSR count). The van der Waals surface area contributed by atoms with Crippen LogP contribution < -0.4 is 0 Å². The van der Waals surface area contributed by atoms with Gasteiger partial charge in [-0.3, -0.25) is 0 Å². The van der Waals surface area contributed by atoms with Crippen LogP contribution >= 0.6 is 0 Å². The average molecular weight is 265 g/mol. The van der Waals surface area contributed by atoms with Gasteiger partial charge in [0.2, 0.25) is 0 Å². The smallest absolute Gasteiger partial charge is 0.328 e. The Labute approximate surface area is 113 Å². The Morgan fingerprint density at radius 1 is 1.47 bits per heavy atom. The fourth-order valence-corrected chi connectivity index (χ4v) is 2.00. The molecule has 3 nitrogen and oxygen atoms in total. The predicted molar refractivity (Wildman–Crippen MR) is 74.2 cm³/mol. The number of halogens is 1. The molecule has 0 unspecified atom stereocenters. The summed E-state index contributed by atoms with van der Waals surface area (Å²) in [4.78, 5) is 12.7. The summed E-state index contributed by atoms with van der Waals surface area (Å²) in [6, 6.07) is 4.46. The van der Waals surface area contributed by atoms with Crippen LogP contribution in [-0.4, -0.2) is 29.6 Å². The van der Waals surface area contributed by atoms with E-state index in [1.807, 2.05) is 7.05 Å². The third-order valence-corrected chi connectivity index (χ3v) is 2.63.